The molecule has 2 rings (SSSR count). The molecule has 0 saturated heterocycles. The Bertz CT molecular complexity index is 664. The topological polar surface area (TPSA) is 79.8 Å². The van der Waals surface area contributed by atoms with Crippen LogP contribution in [-0.4, -0.2) is 28.1 Å². The van der Waals surface area contributed by atoms with E-state index < -0.39 is 11.9 Å². The van der Waals surface area contributed by atoms with Crippen LogP contribution in [0, 0.1) is 12.9 Å². The number of amides is 1. The number of aryl methyl sites for hydroxylation is 1. The highest BCUT2D eigenvalue weighted by molar-refractivity contribution is 6.29. The van der Waals surface area contributed by atoms with E-state index in [1.807, 2.05) is 0 Å². The van der Waals surface area contributed by atoms with Gasteiger partial charge in [0.25, 0.3) is 5.91 Å². The first-order valence-electron chi connectivity index (χ1n) is 5.66. The van der Waals surface area contributed by atoms with Crippen molar-refractivity contribution in [2.45, 2.75) is 6.92 Å². The molecule has 0 atom stereocenters. The molecule has 2 aromatic heterocycles. The minimum absolute atomic E-state index is 0.0439. The third kappa shape index (κ3) is 3.00. The van der Waals surface area contributed by atoms with Gasteiger partial charge in [-0.25, -0.2) is 4.98 Å². The van der Waals surface area contributed by atoms with Crippen LogP contribution >= 0.6 is 11.6 Å². The summed E-state index contributed by atoms with van der Waals surface area (Å²) in [7, 11) is 1.47. The minimum atomic E-state index is -0.632. The Labute approximate surface area is 119 Å². The van der Waals surface area contributed by atoms with Crippen molar-refractivity contribution in [3.63, 3.8) is 0 Å². The fraction of sp³-hybridized carbons (Fsp3) is 0.167. The van der Waals surface area contributed by atoms with Gasteiger partial charge >= 0.3 is 0 Å². The van der Waals surface area contributed by atoms with Crippen molar-refractivity contribution >= 4 is 29.0 Å². The Morgan fingerprint density at radius 2 is 2.10 bits per heavy atom. The first-order valence-corrected chi connectivity index (χ1v) is 6.04. The number of hydrogen-bond donors (Lipinski definition) is 2. The summed E-state index contributed by atoms with van der Waals surface area (Å²) < 4.78 is 13.2. The number of pyridine rings is 1. The predicted octanol–water partition coefficient (Wildman–Crippen LogP) is 2.08. The molecular weight excluding hydrogens is 285 g/mol. The number of halogens is 2. The highest BCUT2D eigenvalue weighted by Crippen LogP contribution is 2.22. The van der Waals surface area contributed by atoms with Crippen LogP contribution in [0.1, 0.15) is 16.1 Å². The maximum absolute atomic E-state index is 13.2. The summed E-state index contributed by atoms with van der Waals surface area (Å²) >= 11 is 5.76. The van der Waals surface area contributed by atoms with Gasteiger partial charge in [-0.3, -0.25) is 4.79 Å². The van der Waals surface area contributed by atoms with Gasteiger partial charge in [0.05, 0.1) is 5.69 Å². The number of carbonyl (C=O) groups is 1. The van der Waals surface area contributed by atoms with Crippen LogP contribution in [0.3, 0.4) is 0 Å². The van der Waals surface area contributed by atoms with Crippen molar-refractivity contribution in [1.82, 2.24) is 20.5 Å². The zero-order chi connectivity index (χ0) is 14.7. The Kier molecular flexibility index (Phi) is 4.09. The van der Waals surface area contributed by atoms with Crippen molar-refractivity contribution < 1.29 is 9.18 Å². The van der Waals surface area contributed by atoms with Crippen LogP contribution in [0.25, 0.3) is 0 Å². The highest BCUT2D eigenvalue weighted by Gasteiger charge is 2.15. The van der Waals surface area contributed by atoms with E-state index in [4.69, 9.17) is 11.6 Å². The van der Waals surface area contributed by atoms with Gasteiger partial charge in [-0.15, -0.1) is 10.2 Å². The van der Waals surface area contributed by atoms with E-state index in [1.54, 1.807) is 13.0 Å². The number of anilines is 2. The third-order valence-corrected chi connectivity index (χ3v) is 2.71. The standard InChI is InChI=1S/C12H11ClFN5O/c1-6-3-4-9(14)17-11(6)16-7-5-8(13)18-19-10(7)12(20)15-2/h3-5H,1-2H3,(H,15,20)(H,16,17,18). The highest BCUT2D eigenvalue weighted by atomic mass is 35.5. The smallest absolute Gasteiger partial charge is 0.273 e. The molecule has 0 aliphatic rings. The number of nitrogens with zero attached hydrogens (tertiary/aromatic N) is 3. The Morgan fingerprint density at radius 3 is 2.80 bits per heavy atom. The fourth-order valence-corrected chi connectivity index (χ4v) is 1.66. The Morgan fingerprint density at radius 1 is 1.35 bits per heavy atom. The number of aromatic nitrogens is 3. The molecule has 0 spiro atoms. The number of rotatable bonds is 3. The molecule has 0 aliphatic heterocycles. The molecule has 0 aromatic carbocycles. The molecule has 0 radical (unpaired) electrons. The van der Waals surface area contributed by atoms with E-state index in [1.165, 1.54) is 19.2 Å². The van der Waals surface area contributed by atoms with E-state index in [9.17, 15) is 9.18 Å². The molecule has 20 heavy (non-hydrogen) atoms. The van der Waals surface area contributed by atoms with Crippen molar-refractivity contribution in [3.8, 4) is 0 Å². The molecule has 2 aromatic rings. The Hall–Kier alpha value is -2.28. The number of hydrogen-bond acceptors (Lipinski definition) is 5. The van der Waals surface area contributed by atoms with Gasteiger partial charge in [0.15, 0.2) is 10.8 Å². The largest absolute Gasteiger partial charge is 0.354 e. The van der Waals surface area contributed by atoms with Crippen LogP contribution in [0.15, 0.2) is 18.2 Å². The zero-order valence-corrected chi connectivity index (χ0v) is 11.5. The molecule has 0 unspecified atom stereocenters. The number of nitrogens with one attached hydrogen (secondary N) is 2. The number of carbonyl (C=O) groups excluding carboxylic acids is 1. The summed E-state index contributed by atoms with van der Waals surface area (Å²) in [5, 5.41) is 12.7. The normalized spacial score (nSPS) is 10.2. The van der Waals surface area contributed by atoms with Gasteiger partial charge in [0.1, 0.15) is 5.82 Å². The fourth-order valence-electron chi connectivity index (χ4n) is 1.51. The molecule has 2 N–H and O–H groups in total. The average Bonchev–Trinajstić information content (AvgIpc) is 2.42. The van der Waals surface area contributed by atoms with Crippen LogP contribution in [0.4, 0.5) is 15.9 Å². The van der Waals surface area contributed by atoms with Gasteiger partial charge in [-0.2, -0.15) is 4.39 Å². The van der Waals surface area contributed by atoms with E-state index in [2.05, 4.69) is 25.8 Å². The lowest BCUT2D eigenvalue weighted by molar-refractivity contribution is 0.0958. The second-order valence-corrected chi connectivity index (χ2v) is 4.32. The van der Waals surface area contributed by atoms with Gasteiger partial charge in [-0.05, 0) is 18.6 Å². The maximum Gasteiger partial charge on any atom is 0.273 e. The quantitative estimate of drug-likeness (QED) is 0.848. The maximum atomic E-state index is 13.2. The van der Waals surface area contributed by atoms with E-state index >= 15 is 0 Å². The summed E-state index contributed by atoms with van der Waals surface area (Å²) in [6, 6.07) is 4.24. The van der Waals surface area contributed by atoms with Crippen LogP contribution in [0.2, 0.25) is 5.15 Å². The van der Waals surface area contributed by atoms with Crippen molar-refractivity contribution in [2.24, 2.45) is 0 Å². The average molecular weight is 296 g/mol. The summed E-state index contributed by atoms with van der Waals surface area (Å²) in [6.07, 6.45) is 0. The minimum Gasteiger partial charge on any atom is -0.354 e. The Balaban J connectivity index is 2.44. The van der Waals surface area contributed by atoms with Gasteiger partial charge in [0.2, 0.25) is 5.95 Å². The lowest BCUT2D eigenvalue weighted by Gasteiger charge is -2.11. The van der Waals surface area contributed by atoms with E-state index in [-0.39, 0.29) is 16.7 Å². The van der Waals surface area contributed by atoms with Gasteiger partial charge in [-0.1, -0.05) is 17.7 Å². The predicted molar refractivity (Wildman–Crippen MR) is 72.6 cm³/mol. The molecule has 104 valence electrons. The second-order valence-electron chi connectivity index (χ2n) is 3.93. The monoisotopic (exact) mass is 295 g/mol. The second kappa shape index (κ2) is 5.79. The molecule has 0 fully saturated rings. The zero-order valence-electron chi connectivity index (χ0n) is 10.7. The first kappa shape index (κ1) is 14.1. The third-order valence-electron chi connectivity index (χ3n) is 2.52. The molecule has 8 heteroatoms. The summed E-state index contributed by atoms with van der Waals surface area (Å²) in [5.74, 6) is -0.794. The summed E-state index contributed by atoms with van der Waals surface area (Å²) in [5.41, 5.74) is 1.05. The summed E-state index contributed by atoms with van der Waals surface area (Å²) in [6.45, 7) is 1.75. The van der Waals surface area contributed by atoms with Gasteiger partial charge in [0, 0.05) is 13.1 Å². The lowest BCUT2D eigenvalue weighted by atomic mass is 10.2. The SMILES string of the molecule is CNC(=O)c1nnc(Cl)cc1Nc1nc(F)ccc1C. The van der Waals surface area contributed by atoms with Crippen LogP contribution < -0.4 is 10.6 Å². The first-order chi connectivity index (χ1) is 9.51. The molecule has 2 heterocycles. The van der Waals surface area contributed by atoms with Crippen molar-refractivity contribution in [2.75, 3.05) is 12.4 Å². The molecule has 0 bridgehead atoms. The molecule has 6 nitrogen and oxygen atoms in total. The molecule has 1 amide bonds. The summed E-state index contributed by atoms with van der Waals surface area (Å²) in [4.78, 5) is 15.4. The molecule has 0 aliphatic carbocycles. The van der Waals surface area contributed by atoms with E-state index in [0.717, 1.165) is 0 Å². The van der Waals surface area contributed by atoms with E-state index in [0.29, 0.717) is 11.3 Å². The molecular formula is C12H11ClFN5O. The molecule has 0 saturated carbocycles. The van der Waals surface area contributed by atoms with Crippen molar-refractivity contribution in [3.05, 3.63) is 40.6 Å². The van der Waals surface area contributed by atoms with Crippen molar-refractivity contribution in [1.29, 1.82) is 0 Å². The van der Waals surface area contributed by atoms with Crippen LogP contribution in [-0.2, 0) is 0 Å². The van der Waals surface area contributed by atoms with Crippen LogP contribution in [0.5, 0.6) is 0 Å². The lowest BCUT2D eigenvalue weighted by Crippen LogP contribution is -2.21. The van der Waals surface area contributed by atoms with Gasteiger partial charge < -0.3 is 10.6 Å².